The standard InChI is InChI=1S/C17H19NO3/c1-4-21-16-7-5-6-13(17(16)19)11-18-15-10-14(20-3)9-8-12(15)2/h5-11,19H,4H2,1-3H3. The molecule has 0 aliphatic rings. The smallest absolute Gasteiger partial charge is 0.166 e. The molecule has 110 valence electrons. The van der Waals surface area contributed by atoms with Gasteiger partial charge >= 0.3 is 0 Å². The van der Waals surface area contributed by atoms with Gasteiger partial charge in [-0.05, 0) is 37.6 Å². The Hall–Kier alpha value is -2.49. The SMILES string of the molecule is CCOc1cccc(C=Nc2cc(OC)ccc2C)c1O. The number of aliphatic imine (C=N–C) groups is 1. The Morgan fingerprint density at radius 3 is 2.76 bits per heavy atom. The first-order valence-electron chi connectivity index (χ1n) is 6.79. The highest BCUT2D eigenvalue weighted by Gasteiger charge is 2.06. The number of benzene rings is 2. The van der Waals surface area contributed by atoms with Crippen LogP contribution in [0.5, 0.6) is 17.2 Å². The van der Waals surface area contributed by atoms with E-state index >= 15 is 0 Å². The molecule has 0 amide bonds. The molecule has 0 aliphatic carbocycles. The van der Waals surface area contributed by atoms with E-state index in [1.54, 1.807) is 25.5 Å². The van der Waals surface area contributed by atoms with E-state index in [4.69, 9.17) is 9.47 Å². The van der Waals surface area contributed by atoms with Crippen molar-refractivity contribution in [2.45, 2.75) is 13.8 Å². The van der Waals surface area contributed by atoms with Crippen LogP contribution in [0, 0.1) is 6.92 Å². The van der Waals surface area contributed by atoms with Gasteiger partial charge in [0.1, 0.15) is 5.75 Å². The molecule has 21 heavy (non-hydrogen) atoms. The summed E-state index contributed by atoms with van der Waals surface area (Å²) in [5.41, 5.74) is 2.45. The topological polar surface area (TPSA) is 51.0 Å². The molecule has 0 spiro atoms. The summed E-state index contributed by atoms with van der Waals surface area (Å²) in [4.78, 5) is 4.43. The normalized spacial score (nSPS) is 10.8. The molecule has 0 aromatic heterocycles. The molecule has 0 atom stereocenters. The highest BCUT2D eigenvalue weighted by molar-refractivity contribution is 5.87. The molecule has 0 aliphatic heterocycles. The molecule has 0 saturated carbocycles. The fraction of sp³-hybridized carbons (Fsp3) is 0.235. The van der Waals surface area contributed by atoms with Crippen molar-refractivity contribution in [2.75, 3.05) is 13.7 Å². The lowest BCUT2D eigenvalue weighted by atomic mass is 10.2. The van der Waals surface area contributed by atoms with Crippen molar-refractivity contribution in [1.82, 2.24) is 0 Å². The number of hydrogen-bond donors (Lipinski definition) is 1. The van der Waals surface area contributed by atoms with Crippen LogP contribution in [-0.4, -0.2) is 25.0 Å². The zero-order valence-electron chi connectivity index (χ0n) is 12.5. The number of para-hydroxylation sites is 1. The Kier molecular flexibility index (Phi) is 4.82. The van der Waals surface area contributed by atoms with Crippen molar-refractivity contribution in [1.29, 1.82) is 0 Å². The van der Waals surface area contributed by atoms with Gasteiger partial charge in [-0.2, -0.15) is 0 Å². The number of rotatable bonds is 5. The molecule has 4 heteroatoms. The van der Waals surface area contributed by atoms with Gasteiger partial charge in [0.15, 0.2) is 11.5 Å². The minimum atomic E-state index is 0.101. The lowest BCUT2D eigenvalue weighted by Gasteiger charge is -2.07. The van der Waals surface area contributed by atoms with Crippen LogP contribution in [0.15, 0.2) is 41.4 Å². The van der Waals surface area contributed by atoms with Gasteiger partial charge in [0, 0.05) is 17.8 Å². The van der Waals surface area contributed by atoms with E-state index in [1.165, 1.54) is 0 Å². The molecule has 2 rings (SSSR count). The van der Waals surface area contributed by atoms with Crippen LogP contribution in [0.1, 0.15) is 18.1 Å². The fourth-order valence-electron chi connectivity index (χ4n) is 1.91. The van der Waals surface area contributed by atoms with Crippen LogP contribution in [-0.2, 0) is 0 Å². The number of phenols is 1. The van der Waals surface area contributed by atoms with Crippen LogP contribution < -0.4 is 9.47 Å². The summed E-state index contributed by atoms with van der Waals surface area (Å²) in [5.74, 6) is 1.31. The van der Waals surface area contributed by atoms with Gasteiger partial charge in [0.25, 0.3) is 0 Å². The molecule has 0 radical (unpaired) electrons. The summed E-state index contributed by atoms with van der Waals surface area (Å²) < 4.78 is 10.6. The number of phenolic OH excluding ortho intramolecular Hbond substituents is 1. The number of aromatic hydroxyl groups is 1. The van der Waals surface area contributed by atoms with Gasteiger partial charge in [-0.15, -0.1) is 0 Å². The van der Waals surface area contributed by atoms with Crippen molar-refractivity contribution in [3.63, 3.8) is 0 Å². The molecule has 0 bridgehead atoms. The number of aryl methyl sites for hydroxylation is 1. The first-order valence-corrected chi connectivity index (χ1v) is 6.79. The third kappa shape index (κ3) is 3.54. The molecule has 4 nitrogen and oxygen atoms in total. The third-order valence-corrected chi connectivity index (χ3v) is 3.09. The summed E-state index contributed by atoms with van der Waals surface area (Å²) in [6.07, 6.45) is 1.62. The number of ether oxygens (including phenoxy) is 2. The maximum absolute atomic E-state index is 10.1. The summed E-state index contributed by atoms with van der Waals surface area (Å²) >= 11 is 0. The quantitative estimate of drug-likeness (QED) is 0.849. The monoisotopic (exact) mass is 285 g/mol. The van der Waals surface area contributed by atoms with Gasteiger partial charge < -0.3 is 14.6 Å². The zero-order chi connectivity index (χ0) is 15.2. The largest absolute Gasteiger partial charge is 0.504 e. The molecule has 0 saturated heterocycles. The molecule has 0 unspecified atom stereocenters. The molecular weight excluding hydrogens is 266 g/mol. The predicted molar refractivity (Wildman–Crippen MR) is 84.3 cm³/mol. The lowest BCUT2D eigenvalue weighted by molar-refractivity contribution is 0.318. The Balaban J connectivity index is 2.31. The van der Waals surface area contributed by atoms with E-state index < -0.39 is 0 Å². The van der Waals surface area contributed by atoms with Crippen LogP contribution in [0.25, 0.3) is 0 Å². The molecule has 0 fully saturated rings. The van der Waals surface area contributed by atoms with Gasteiger partial charge in [-0.25, -0.2) is 0 Å². The van der Waals surface area contributed by atoms with Gasteiger partial charge in [0.2, 0.25) is 0 Å². The highest BCUT2D eigenvalue weighted by atomic mass is 16.5. The number of nitrogens with zero attached hydrogens (tertiary/aromatic N) is 1. The van der Waals surface area contributed by atoms with Crippen LogP contribution in [0.2, 0.25) is 0 Å². The summed E-state index contributed by atoms with van der Waals surface area (Å²) in [5, 5.41) is 10.1. The number of methoxy groups -OCH3 is 1. The van der Waals surface area contributed by atoms with Gasteiger partial charge in [-0.1, -0.05) is 12.1 Å². The van der Waals surface area contributed by atoms with Crippen molar-refractivity contribution in [3.05, 3.63) is 47.5 Å². The number of hydrogen-bond acceptors (Lipinski definition) is 4. The Morgan fingerprint density at radius 1 is 1.24 bits per heavy atom. The molecule has 2 aromatic rings. The van der Waals surface area contributed by atoms with E-state index in [2.05, 4.69) is 4.99 Å². The Bertz CT molecular complexity index is 650. The summed E-state index contributed by atoms with van der Waals surface area (Å²) in [6.45, 7) is 4.35. The Labute approximate surface area is 124 Å². The van der Waals surface area contributed by atoms with Crippen molar-refractivity contribution in [2.24, 2.45) is 4.99 Å². The molecule has 2 aromatic carbocycles. The van der Waals surface area contributed by atoms with Crippen LogP contribution in [0.3, 0.4) is 0 Å². The molecule has 0 heterocycles. The lowest BCUT2D eigenvalue weighted by Crippen LogP contribution is -1.93. The van der Waals surface area contributed by atoms with E-state index in [0.29, 0.717) is 17.9 Å². The highest BCUT2D eigenvalue weighted by Crippen LogP contribution is 2.30. The minimum Gasteiger partial charge on any atom is -0.504 e. The Morgan fingerprint density at radius 2 is 2.05 bits per heavy atom. The predicted octanol–water partition coefficient (Wildman–Crippen LogP) is 3.86. The average molecular weight is 285 g/mol. The zero-order valence-corrected chi connectivity index (χ0v) is 12.5. The van der Waals surface area contributed by atoms with E-state index in [9.17, 15) is 5.11 Å². The van der Waals surface area contributed by atoms with Gasteiger partial charge in [-0.3, -0.25) is 4.99 Å². The van der Waals surface area contributed by atoms with Crippen molar-refractivity contribution in [3.8, 4) is 17.2 Å². The minimum absolute atomic E-state index is 0.101. The second-order valence-electron chi connectivity index (χ2n) is 4.54. The van der Waals surface area contributed by atoms with Crippen molar-refractivity contribution < 1.29 is 14.6 Å². The van der Waals surface area contributed by atoms with E-state index in [1.807, 2.05) is 38.1 Å². The van der Waals surface area contributed by atoms with Gasteiger partial charge in [0.05, 0.1) is 19.4 Å². The van der Waals surface area contributed by atoms with E-state index in [0.717, 1.165) is 17.0 Å². The molecule has 1 N–H and O–H groups in total. The first-order chi connectivity index (χ1) is 10.2. The summed E-state index contributed by atoms with van der Waals surface area (Å²) in [6, 6.07) is 11.0. The second-order valence-corrected chi connectivity index (χ2v) is 4.54. The maximum atomic E-state index is 10.1. The van der Waals surface area contributed by atoms with Crippen LogP contribution >= 0.6 is 0 Å². The third-order valence-electron chi connectivity index (χ3n) is 3.09. The maximum Gasteiger partial charge on any atom is 0.166 e. The first kappa shape index (κ1) is 14.9. The second kappa shape index (κ2) is 6.79. The molecular formula is C17H19NO3. The summed E-state index contributed by atoms with van der Waals surface area (Å²) in [7, 11) is 1.62. The van der Waals surface area contributed by atoms with Crippen molar-refractivity contribution >= 4 is 11.9 Å². The van der Waals surface area contributed by atoms with Crippen LogP contribution in [0.4, 0.5) is 5.69 Å². The average Bonchev–Trinajstić information content (AvgIpc) is 2.50. The van der Waals surface area contributed by atoms with E-state index in [-0.39, 0.29) is 5.75 Å². The fourth-order valence-corrected chi connectivity index (χ4v) is 1.91.